The average Bonchev–Trinajstić information content (AvgIpc) is 3.10. The van der Waals surface area contributed by atoms with Crippen LogP contribution in [0.5, 0.6) is 5.75 Å². The van der Waals surface area contributed by atoms with E-state index in [9.17, 15) is 4.79 Å². The van der Waals surface area contributed by atoms with E-state index in [4.69, 9.17) is 4.74 Å². The number of ketones is 1. The smallest absolute Gasteiger partial charge is 0.214 e. The molecule has 0 bridgehead atoms. The maximum atomic E-state index is 12.1. The molecule has 0 saturated heterocycles. The number of rotatable bonds is 7. The lowest BCUT2D eigenvalue weighted by molar-refractivity contribution is 0.101. The van der Waals surface area contributed by atoms with Gasteiger partial charge in [-0.2, -0.15) is 4.68 Å². The Morgan fingerprint density at radius 2 is 1.93 bits per heavy atom. The zero-order valence-electron chi connectivity index (χ0n) is 16.8. The second-order valence-corrected chi connectivity index (χ2v) is 7.55. The Labute approximate surface area is 169 Å². The van der Waals surface area contributed by atoms with Crippen LogP contribution in [0.4, 0.5) is 0 Å². The summed E-state index contributed by atoms with van der Waals surface area (Å²) in [6, 6.07) is 9.77. The van der Waals surface area contributed by atoms with E-state index in [1.165, 1.54) is 5.56 Å². The molecule has 2 aromatic carbocycles. The van der Waals surface area contributed by atoms with Gasteiger partial charge in [-0.05, 0) is 79.4 Å². The van der Waals surface area contributed by atoms with Gasteiger partial charge in [0.05, 0.1) is 6.61 Å². The number of thioether (sulfide) groups is 1. The summed E-state index contributed by atoms with van der Waals surface area (Å²) in [5.74, 6) is 1.51. The fourth-order valence-corrected chi connectivity index (χ4v) is 4.53. The number of hydrogen-bond donors (Lipinski definition) is 0. The van der Waals surface area contributed by atoms with Crippen LogP contribution in [0.1, 0.15) is 46.5 Å². The predicted octanol–water partition coefficient (Wildman–Crippen LogP) is 4.48. The van der Waals surface area contributed by atoms with Gasteiger partial charge in [-0.15, -0.1) is 5.10 Å². The Morgan fingerprint density at radius 1 is 1.18 bits per heavy atom. The Balaban J connectivity index is 1.92. The van der Waals surface area contributed by atoms with E-state index >= 15 is 0 Å². The highest BCUT2D eigenvalue weighted by molar-refractivity contribution is 7.98. The molecule has 1 heterocycles. The molecule has 3 aromatic rings. The van der Waals surface area contributed by atoms with E-state index in [1.807, 2.05) is 45.0 Å². The molecule has 3 rings (SSSR count). The summed E-state index contributed by atoms with van der Waals surface area (Å²) in [5, 5.41) is 12.9. The van der Waals surface area contributed by atoms with E-state index in [1.54, 1.807) is 23.4 Å². The molecule has 28 heavy (non-hydrogen) atoms. The lowest BCUT2D eigenvalue weighted by Crippen LogP contribution is -2.06. The first-order chi connectivity index (χ1) is 13.4. The number of aryl methyl sites for hydroxylation is 2. The minimum absolute atomic E-state index is 0.0942. The maximum absolute atomic E-state index is 12.1. The van der Waals surface area contributed by atoms with Gasteiger partial charge in [0.1, 0.15) is 11.4 Å². The zero-order chi connectivity index (χ0) is 20.3. The molecule has 0 saturated carbocycles. The predicted molar refractivity (Wildman–Crippen MR) is 111 cm³/mol. The number of tetrazole rings is 1. The Bertz CT molecular complexity index is 1010. The van der Waals surface area contributed by atoms with Gasteiger partial charge in [0, 0.05) is 11.3 Å². The minimum Gasteiger partial charge on any atom is -0.492 e. The van der Waals surface area contributed by atoms with Crippen molar-refractivity contribution in [1.82, 2.24) is 20.2 Å². The fraction of sp³-hybridized carbons (Fsp3) is 0.333. The second kappa shape index (κ2) is 8.56. The van der Waals surface area contributed by atoms with Crippen LogP contribution in [-0.4, -0.2) is 32.6 Å². The van der Waals surface area contributed by atoms with Crippen LogP contribution in [0.3, 0.4) is 0 Å². The second-order valence-electron chi connectivity index (χ2n) is 6.61. The van der Waals surface area contributed by atoms with Crippen molar-refractivity contribution in [2.45, 2.75) is 45.5 Å². The molecule has 0 aliphatic carbocycles. The monoisotopic (exact) mass is 396 g/mol. The molecule has 0 aliphatic heterocycles. The molecule has 146 valence electrons. The topological polar surface area (TPSA) is 69.9 Å². The number of carbonyl (C=O) groups is 1. The molecule has 0 unspecified atom stereocenters. The maximum Gasteiger partial charge on any atom is 0.214 e. The van der Waals surface area contributed by atoms with Crippen molar-refractivity contribution in [3.63, 3.8) is 0 Å². The van der Waals surface area contributed by atoms with Gasteiger partial charge in [0.2, 0.25) is 5.16 Å². The number of benzene rings is 2. The fourth-order valence-electron chi connectivity index (χ4n) is 3.46. The van der Waals surface area contributed by atoms with E-state index in [2.05, 4.69) is 28.5 Å². The Hall–Kier alpha value is -2.67. The highest BCUT2D eigenvalue weighted by atomic mass is 32.2. The Morgan fingerprint density at radius 3 is 2.64 bits per heavy atom. The third-order valence-electron chi connectivity index (χ3n) is 4.66. The molecule has 0 N–H and O–H groups in total. The summed E-state index contributed by atoms with van der Waals surface area (Å²) in [5.41, 5.74) is 5.98. The van der Waals surface area contributed by atoms with Gasteiger partial charge in [-0.1, -0.05) is 30.0 Å². The average molecular weight is 397 g/mol. The van der Waals surface area contributed by atoms with E-state index in [-0.39, 0.29) is 5.78 Å². The molecule has 1 aromatic heterocycles. The standard InChI is InChI=1S/C21H24N4O2S/c1-6-27-19-10-8-7-9-18(19)25-21(22-23-24-25)28-12-17-13(2)11-14(3)20(15(17)4)16(5)26/h7-11H,6,12H2,1-5H3. The van der Waals surface area contributed by atoms with Crippen molar-refractivity contribution < 1.29 is 9.53 Å². The summed E-state index contributed by atoms with van der Waals surface area (Å²) in [7, 11) is 0. The normalized spacial score (nSPS) is 10.9. The van der Waals surface area contributed by atoms with Crippen LogP contribution in [0.2, 0.25) is 0 Å². The van der Waals surface area contributed by atoms with Crippen molar-refractivity contribution in [3.05, 3.63) is 58.1 Å². The summed E-state index contributed by atoms with van der Waals surface area (Å²) >= 11 is 1.54. The summed E-state index contributed by atoms with van der Waals surface area (Å²) in [6.45, 7) is 10.2. The number of ether oxygens (including phenoxy) is 1. The SMILES string of the molecule is CCOc1ccccc1-n1nnnc1SCc1c(C)cc(C)c(C(C)=O)c1C. The lowest BCUT2D eigenvalue weighted by atomic mass is 9.92. The van der Waals surface area contributed by atoms with Crippen LogP contribution in [-0.2, 0) is 5.75 Å². The van der Waals surface area contributed by atoms with E-state index in [0.29, 0.717) is 17.5 Å². The molecule has 0 amide bonds. The van der Waals surface area contributed by atoms with Crippen LogP contribution < -0.4 is 4.74 Å². The molecule has 0 fully saturated rings. The lowest BCUT2D eigenvalue weighted by Gasteiger charge is -2.15. The third kappa shape index (κ3) is 3.94. The first-order valence-corrected chi connectivity index (χ1v) is 10.2. The molecule has 0 spiro atoms. The first-order valence-electron chi connectivity index (χ1n) is 9.18. The number of Topliss-reactive ketones (excluding diaryl/α,β-unsaturated/α-hetero) is 1. The number of aromatic nitrogens is 4. The number of carbonyl (C=O) groups excluding carboxylic acids is 1. The first kappa shape index (κ1) is 20.1. The molecular weight excluding hydrogens is 372 g/mol. The van der Waals surface area contributed by atoms with Crippen molar-refractivity contribution in [2.24, 2.45) is 0 Å². The van der Waals surface area contributed by atoms with Crippen LogP contribution in [0.25, 0.3) is 5.69 Å². The largest absolute Gasteiger partial charge is 0.492 e. The van der Waals surface area contributed by atoms with Crippen molar-refractivity contribution in [2.75, 3.05) is 6.61 Å². The van der Waals surface area contributed by atoms with Gasteiger partial charge in [-0.3, -0.25) is 4.79 Å². The number of nitrogens with zero attached hydrogens (tertiary/aromatic N) is 4. The summed E-state index contributed by atoms with van der Waals surface area (Å²) < 4.78 is 7.40. The number of hydrogen-bond acceptors (Lipinski definition) is 6. The molecular formula is C21H24N4O2S. The van der Waals surface area contributed by atoms with Crippen molar-refractivity contribution >= 4 is 17.5 Å². The van der Waals surface area contributed by atoms with Crippen LogP contribution in [0.15, 0.2) is 35.5 Å². The highest BCUT2D eigenvalue weighted by Crippen LogP contribution is 2.31. The summed E-state index contributed by atoms with van der Waals surface area (Å²) in [6.07, 6.45) is 0. The zero-order valence-corrected chi connectivity index (χ0v) is 17.6. The van der Waals surface area contributed by atoms with Gasteiger partial charge >= 0.3 is 0 Å². The highest BCUT2D eigenvalue weighted by Gasteiger charge is 2.17. The molecule has 6 nitrogen and oxygen atoms in total. The Kier molecular flexibility index (Phi) is 6.14. The van der Waals surface area contributed by atoms with Crippen molar-refractivity contribution in [1.29, 1.82) is 0 Å². The van der Waals surface area contributed by atoms with Crippen molar-refractivity contribution in [3.8, 4) is 11.4 Å². The number of para-hydroxylation sites is 2. The quantitative estimate of drug-likeness (QED) is 0.433. The molecule has 0 atom stereocenters. The summed E-state index contributed by atoms with van der Waals surface area (Å²) in [4.78, 5) is 12.1. The van der Waals surface area contributed by atoms with Crippen LogP contribution >= 0.6 is 11.8 Å². The molecule has 0 aliphatic rings. The van der Waals surface area contributed by atoms with Gasteiger partial charge < -0.3 is 4.74 Å². The minimum atomic E-state index is 0.0942. The van der Waals surface area contributed by atoms with Gasteiger partial charge in [0.25, 0.3) is 0 Å². The van der Waals surface area contributed by atoms with Gasteiger partial charge in [-0.25, -0.2) is 0 Å². The molecule has 7 heteroatoms. The van der Waals surface area contributed by atoms with E-state index < -0.39 is 0 Å². The molecule has 0 radical (unpaired) electrons. The van der Waals surface area contributed by atoms with Crippen LogP contribution in [0, 0.1) is 20.8 Å². The van der Waals surface area contributed by atoms with E-state index in [0.717, 1.165) is 33.7 Å². The third-order valence-corrected chi connectivity index (χ3v) is 5.61. The van der Waals surface area contributed by atoms with Gasteiger partial charge in [0.15, 0.2) is 5.78 Å².